The molecular weight excluding hydrogens is 332 g/mol. The Hall–Kier alpha value is -2.88. The molecule has 3 rings (SSSR count). The zero-order valence-electron chi connectivity index (χ0n) is 13.7. The number of fused-ring (bicyclic) bond motifs is 1. The fourth-order valence-electron chi connectivity index (χ4n) is 3.63. The second kappa shape index (κ2) is 6.55. The highest BCUT2D eigenvalue weighted by Crippen LogP contribution is 2.53. The van der Waals surface area contributed by atoms with E-state index in [0.717, 1.165) is 28.4 Å². The quantitative estimate of drug-likeness (QED) is 0.824. The Kier molecular flexibility index (Phi) is 4.45. The molecular formula is C19H16N4OS. The topological polar surface area (TPSA) is 107 Å². The lowest BCUT2D eigenvalue weighted by Gasteiger charge is -2.42. The maximum absolute atomic E-state index is 9.75. The van der Waals surface area contributed by atoms with Crippen LogP contribution in [0.15, 0.2) is 47.2 Å². The van der Waals surface area contributed by atoms with Gasteiger partial charge in [0.1, 0.15) is 5.75 Å². The minimum absolute atomic E-state index is 0.0650. The molecule has 2 N–H and O–H groups in total. The first-order chi connectivity index (χ1) is 12.1. The number of benzene rings is 1. The number of hydrogen-bond donors (Lipinski definition) is 1. The SMILES string of the molecule is COc1ccc([C@@H]2C(C#N)=C(N)C(C#N)(C#N)C3=CCSC[C@@H]32)cc1. The highest BCUT2D eigenvalue weighted by Gasteiger charge is 2.51. The van der Waals surface area contributed by atoms with Gasteiger partial charge in [-0.05, 0) is 23.3 Å². The number of hydrogen-bond acceptors (Lipinski definition) is 6. The molecule has 0 saturated heterocycles. The average molecular weight is 348 g/mol. The summed E-state index contributed by atoms with van der Waals surface area (Å²) in [7, 11) is 1.60. The molecule has 0 unspecified atom stereocenters. The third-order valence-electron chi connectivity index (χ3n) is 4.89. The van der Waals surface area contributed by atoms with Gasteiger partial charge in [-0.2, -0.15) is 27.5 Å². The Morgan fingerprint density at radius 1 is 1.20 bits per heavy atom. The summed E-state index contributed by atoms with van der Waals surface area (Å²) in [4.78, 5) is 0. The molecule has 0 spiro atoms. The van der Waals surface area contributed by atoms with Crippen LogP contribution in [0.1, 0.15) is 11.5 Å². The lowest BCUT2D eigenvalue weighted by molar-refractivity contribution is 0.414. The molecule has 0 aromatic heterocycles. The van der Waals surface area contributed by atoms with Crippen LogP contribution < -0.4 is 10.5 Å². The fraction of sp³-hybridized carbons (Fsp3) is 0.316. The van der Waals surface area contributed by atoms with Crippen LogP contribution in [0.4, 0.5) is 0 Å². The van der Waals surface area contributed by atoms with E-state index in [1.54, 1.807) is 18.9 Å². The zero-order chi connectivity index (χ0) is 18.0. The van der Waals surface area contributed by atoms with Crippen LogP contribution in [0.5, 0.6) is 5.75 Å². The lowest BCUT2D eigenvalue weighted by Crippen LogP contribution is -2.41. The molecule has 1 aromatic rings. The monoisotopic (exact) mass is 348 g/mol. The van der Waals surface area contributed by atoms with Gasteiger partial charge in [-0.15, -0.1) is 0 Å². The number of nitriles is 3. The minimum atomic E-state index is -1.54. The third kappa shape index (κ3) is 2.45. The first kappa shape index (κ1) is 17.0. The number of methoxy groups -OCH3 is 1. The van der Waals surface area contributed by atoms with Crippen LogP contribution in [0.3, 0.4) is 0 Å². The second-order valence-electron chi connectivity index (χ2n) is 5.97. The maximum atomic E-state index is 9.75. The first-order valence-corrected chi connectivity index (χ1v) is 8.93. The van der Waals surface area contributed by atoms with Crippen molar-refractivity contribution in [2.75, 3.05) is 18.6 Å². The van der Waals surface area contributed by atoms with Gasteiger partial charge in [0.15, 0.2) is 0 Å². The van der Waals surface area contributed by atoms with Crippen molar-refractivity contribution in [3.05, 3.63) is 52.7 Å². The molecule has 0 amide bonds. The fourth-order valence-corrected chi connectivity index (χ4v) is 4.69. The number of allylic oxidation sites excluding steroid dienone is 2. The normalized spacial score (nSPS) is 24.2. The Labute approximate surface area is 151 Å². The number of rotatable bonds is 2. The molecule has 25 heavy (non-hydrogen) atoms. The van der Waals surface area contributed by atoms with Gasteiger partial charge >= 0.3 is 0 Å². The van der Waals surface area contributed by atoms with E-state index in [4.69, 9.17) is 10.5 Å². The van der Waals surface area contributed by atoms with Gasteiger partial charge in [-0.25, -0.2) is 0 Å². The van der Waals surface area contributed by atoms with Crippen LogP contribution in [-0.4, -0.2) is 18.6 Å². The van der Waals surface area contributed by atoms with Crippen LogP contribution in [0, 0.1) is 45.3 Å². The molecule has 1 aromatic carbocycles. The van der Waals surface area contributed by atoms with Crippen LogP contribution in [0.2, 0.25) is 0 Å². The maximum Gasteiger partial charge on any atom is 0.204 e. The van der Waals surface area contributed by atoms with Crippen molar-refractivity contribution in [2.24, 2.45) is 17.1 Å². The summed E-state index contributed by atoms with van der Waals surface area (Å²) in [6.45, 7) is 0. The third-order valence-corrected chi connectivity index (χ3v) is 5.89. The standard InChI is InChI=1S/C19H16N4OS/c1-24-13-4-2-12(3-5-13)17-14(8-20)18(23)19(10-21,11-22)16-6-7-25-9-15(16)17/h2-6,15,17H,7,9,23H2,1H3/t15-,17+/m0/s1. The highest BCUT2D eigenvalue weighted by molar-refractivity contribution is 7.99. The molecule has 0 radical (unpaired) electrons. The van der Waals surface area contributed by atoms with E-state index in [9.17, 15) is 15.8 Å². The number of nitrogens with zero attached hydrogens (tertiary/aromatic N) is 3. The Morgan fingerprint density at radius 2 is 1.88 bits per heavy atom. The Morgan fingerprint density at radius 3 is 2.44 bits per heavy atom. The van der Waals surface area contributed by atoms with Crippen LogP contribution in [-0.2, 0) is 0 Å². The summed E-state index contributed by atoms with van der Waals surface area (Å²) in [6, 6.07) is 13.8. The van der Waals surface area contributed by atoms with Crippen molar-refractivity contribution in [1.82, 2.24) is 0 Å². The van der Waals surface area contributed by atoms with E-state index >= 15 is 0 Å². The van der Waals surface area contributed by atoms with E-state index in [1.165, 1.54) is 0 Å². The van der Waals surface area contributed by atoms with E-state index in [-0.39, 0.29) is 17.5 Å². The van der Waals surface area contributed by atoms with Gasteiger partial charge in [0, 0.05) is 23.3 Å². The Balaban J connectivity index is 2.25. The van der Waals surface area contributed by atoms with Crippen molar-refractivity contribution in [3.63, 3.8) is 0 Å². The molecule has 2 aliphatic rings. The molecule has 1 aliphatic heterocycles. The van der Waals surface area contributed by atoms with Crippen LogP contribution in [0.25, 0.3) is 0 Å². The molecule has 2 atom stereocenters. The number of thioether (sulfide) groups is 1. The summed E-state index contributed by atoms with van der Waals surface area (Å²) in [6.07, 6.45) is 1.93. The largest absolute Gasteiger partial charge is 0.497 e. The Bertz CT molecular complexity index is 866. The van der Waals surface area contributed by atoms with Gasteiger partial charge < -0.3 is 10.5 Å². The predicted octanol–water partition coefficient (Wildman–Crippen LogP) is 2.85. The van der Waals surface area contributed by atoms with Gasteiger partial charge in [0.05, 0.1) is 36.6 Å². The molecule has 6 heteroatoms. The van der Waals surface area contributed by atoms with Gasteiger partial charge in [0.2, 0.25) is 5.41 Å². The summed E-state index contributed by atoms with van der Waals surface area (Å²) >= 11 is 1.73. The number of nitrogens with two attached hydrogens (primary N) is 1. The van der Waals surface area contributed by atoms with Crippen molar-refractivity contribution >= 4 is 11.8 Å². The molecule has 1 heterocycles. The van der Waals surface area contributed by atoms with Crippen LogP contribution >= 0.6 is 11.8 Å². The van der Waals surface area contributed by atoms with E-state index in [0.29, 0.717) is 5.57 Å². The van der Waals surface area contributed by atoms with Gasteiger partial charge in [-0.3, -0.25) is 0 Å². The highest BCUT2D eigenvalue weighted by atomic mass is 32.2. The lowest BCUT2D eigenvalue weighted by atomic mass is 9.61. The molecule has 5 nitrogen and oxygen atoms in total. The van der Waals surface area contributed by atoms with Gasteiger partial charge in [0.25, 0.3) is 0 Å². The average Bonchev–Trinajstić information content (AvgIpc) is 2.68. The zero-order valence-corrected chi connectivity index (χ0v) is 14.5. The molecule has 1 aliphatic carbocycles. The molecule has 124 valence electrons. The van der Waals surface area contributed by atoms with Crippen molar-refractivity contribution in [2.45, 2.75) is 5.92 Å². The molecule has 0 fully saturated rings. The van der Waals surface area contributed by atoms with Gasteiger partial charge in [-0.1, -0.05) is 18.2 Å². The van der Waals surface area contributed by atoms with E-state index in [1.807, 2.05) is 30.3 Å². The van der Waals surface area contributed by atoms with E-state index in [2.05, 4.69) is 18.2 Å². The number of ether oxygens (including phenoxy) is 1. The summed E-state index contributed by atoms with van der Waals surface area (Å²) in [5, 5.41) is 29.2. The van der Waals surface area contributed by atoms with Crippen molar-refractivity contribution < 1.29 is 4.74 Å². The second-order valence-corrected chi connectivity index (χ2v) is 7.04. The first-order valence-electron chi connectivity index (χ1n) is 7.78. The van der Waals surface area contributed by atoms with Crippen molar-refractivity contribution in [1.29, 1.82) is 15.8 Å². The van der Waals surface area contributed by atoms with Crippen molar-refractivity contribution in [3.8, 4) is 24.0 Å². The van der Waals surface area contributed by atoms with E-state index < -0.39 is 5.41 Å². The summed E-state index contributed by atoms with van der Waals surface area (Å²) in [5.41, 5.74) is 6.72. The summed E-state index contributed by atoms with van der Waals surface area (Å²) < 4.78 is 5.20. The minimum Gasteiger partial charge on any atom is -0.497 e. The predicted molar refractivity (Wildman–Crippen MR) is 95.1 cm³/mol. The smallest absolute Gasteiger partial charge is 0.204 e. The molecule has 0 bridgehead atoms. The summed E-state index contributed by atoms with van der Waals surface area (Å²) in [5.74, 6) is 1.85. The molecule has 0 saturated carbocycles.